The lowest BCUT2D eigenvalue weighted by Gasteiger charge is -1.97. The maximum absolute atomic E-state index is 12.8. The average molecular weight is 345 g/mol. The Labute approximate surface area is 145 Å². The maximum Gasteiger partial charge on any atom is 0.302 e. The van der Waals surface area contributed by atoms with E-state index in [9.17, 15) is 4.79 Å². The van der Waals surface area contributed by atoms with Crippen molar-refractivity contribution in [3.8, 4) is 21.8 Å². The van der Waals surface area contributed by atoms with Crippen LogP contribution in [-0.2, 0) is 0 Å². The summed E-state index contributed by atoms with van der Waals surface area (Å²) in [5.41, 5.74) is 2.75. The van der Waals surface area contributed by atoms with Crippen LogP contribution in [0.5, 0.6) is 0 Å². The van der Waals surface area contributed by atoms with E-state index in [1.807, 2.05) is 60.8 Å². The van der Waals surface area contributed by atoms with E-state index in [0.717, 1.165) is 27.0 Å². The van der Waals surface area contributed by atoms with Crippen molar-refractivity contribution in [1.29, 1.82) is 0 Å². The predicted octanol–water partition coefficient (Wildman–Crippen LogP) is 3.36. The Morgan fingerprint density at radius 2 is 1.76 bits per heavy atom. The highest BCUT2D eigenvalue weighted by atomic mass is 32.1. The molecule has 0 amide bonds. The third kappa shape index (κ3) is 2.17. The number of rotatable bonds is 2. The van der Waals surface area contributed by atoms with Crippen LogP contribution in [0.4, 0.5) is 0 Å². The lowest BCUT2D eigenvalue weighted by molar-refractivity contribution is 0.862. The van der Waals surface area contributed by atoms with Crippen LogP contribution in [0, 0.1) is 0 Å². The van der Waals surface area contributed by atoms with E-state index in [4.69, 9.17) is 0 Å². The Kier molecular flexibility index (Phi) is 3.01. The van der Waals surface area contributed by atoms with Crippen molar-refractivity contribution < 1.29 is 0 Å². The third-order valence-corrected chi connectivity index (χ3v) is 4.99. The van der Waals surface area contributed by atoms with Gasteiger partial charge in [-0.15, -0.1) is 10.2 Å². The number of nitrogens with zero attached hydrogens (tertiary/aromatic N) is 4. The minimum Gasteiger partial charge on any atom is -0.360 e. The second-order valence-corrected chi connectivity index (χ2v) is 6.53. The summed E-state index contributed by atoms with van der Waals surface area (Å²) < 4.78 is 1.33. The highest BCUT2D eigenvalue weighted by Crippen LogP contribution is 2.31. The molecule has 5 aromatic rings. The molecule has 0 unspecified atom stereocenters. The van der Waals surface area contributed by atoms with E-state index >= 15 is 0 Å². The summed E-state index contributed by atoms with van der Waals surface area (Å²) in [4.78, 5) is 16.5. The number of nitrogens with one attached hydrogen (secondary N) is 1. The number of hydrogen-bond donors (Lipinski definition) is 1. The van der Waals surface area contributed by atoms with Gasteiger partial charge in [-0.1, -0.05) is 59.9 Å². The fourth-order valence-corrected chi connectivity index (χ4v) is 3.72. The number of benzene rings is 2. The minimum atomic E-state index is -0.265. The maximum atomic E-state index is 12.8. The van der Waals surface area contributed by atoms with Crippen molar-refractivity contribution >= 4 is 27.2 Å². The Bertz CT molecular complexity index is 1270. The summed E-state index contributed by atoms with van der Waals surface area (Å²) in [6.07, 6.45) is 1.90. The molecule has 0 aliphatic rings. The zero-order chi connectivity index (χ0) is 16.8. The summed E-state index contributed by atoms with van der Waals surface area (Å²) in [7, 11) is 0. The lowest BCUT2D eigenvalue weighted by Crippen LogP contribution is -2.19. The van der Waals surface area contributed by atoms with Crippen LogP contribution in [0.3, 0.4) is 0 Å². The van der Waals surface area contributed by atoms with Gasteiger partial charge in [0.05, 0.1) is 0 Å². The predicted molar refractivity (Wildman–Crippen MR) is 97.7 cm³/mol. The molecule has 5 rings (SSSR count). The molecule has 0 aliphatic carbocycles. The summed E-state index contributed by atoms with van der Waals surface area (Å²) >= 11 is 1.35. The monoisotopic (exact) mass is 345 g/mol. The number of H-pyrrole nitrogens is 1. The highest BCUT2D eigenvalue weighted by molar-refractivity contribution is 7.19. The molecule has 1 N–H and O–H groups in total. The van der Waals surface area contributed by atoms with Crippen LogP contribution >= 0.6 is 11.3 Å². The van der Waals surface area contributed by atoms with Gasteiger partial charge in [-0.25, -0.2) is 0 Å². The van der Waals surface area contributed by atoms with Crippen LogP contribution in [0.15, 0.2) is 65.6 Å². The van der Waals surface area contributed by atoms with Gasteiger partial charge >= 0.3 is 5.56 Å². The molecule has 0 saturated carbocycles. The first kappa shape index (κ1) is 14.1. The Hall–Kier alpha value is -3.32. The molecule has 0 atom stereocenters. The first-order chi connectivity index (χ1) is 12.3. The van der Waals surface area contributed by atoms with Gasteiger partial charge in [0.25, 0.3) is 0 Å². The molecule has 3 heterocycles. The molecular formula is C18H11N5OS. The summed E-state index contributed by atoms with van der Waals surface area (Å²) in [5.74, 6) is 0. The van der Waals surface area contributed by atoms with Gasteiger partial charge in [-0.2, -0.15) is 9.61 Å². The largest absolute Gasteiger partial charge is 0.360 e. The van der Waals surface area contributed by atoms with Crippen molar-refractivity contribution in [1.82, 2.24) is 24.8 Å². The molecular weight excluding hydrogens is 334 g/mol. The van der Waals surface area contributed by atoms with Gasteiger partial charge in [0.2, 0.25) is 4.96 Å². The summed E-state index contributed by atoms with van der Waals surface area (Å²) in [5, 5.41) is 14.6. The van der Waals surface area contributed by atoms with Gasteiger partial charge in [-0.05, 0) is 6.07 Å². The van der Waals surface area contributed by atoms with E-state index in [-0.39, 0.29) is 5.56 Å². The fourth-order valence-electron chi connectivity index (χ4n) is 2.85. The van der Waals surface area contributed by atoms with Crippen LogP contribution in [0.2, 0.25) is 0 Å². The molecule has 2 aromatic carbocycles. The summed E-state index contributed by atoms with van der Waals surface area (Å²) in [6.45, 7) is 0. The molecule has 25 heavy (non-hydrogen) atoms. The van der Waals surface area contributed by atoms with Crippen LogP contribution in [0.1, 0.15) is 0 Å². The van der Waals surface area contributed by atoms with Gasteiger partial charge in [0, 0.05) is 28.2 Å². The fraction of sp³-hybridized carbons (Fsp3) is 0. The number of para-hydroxylation sites is 1. The van der Waals surface area contributed by atoms with Crippen molar-refractivity contribution in [3.05, 3.63) is 71.1 Å². The van der Waals surface area contributed by atoms with E-state index in [0.29, 0.717) is 10.7 Å². The van der Waals surface area contributed by atoms with Crippen molar-refractivity contribution in [2.75, 3.05) is 0 Å². The van der Waals surface area contributed by atoms with Crippen LogP contribution < -0.4 is 5.56 Å². The second kappa shape index (κ2) is 5.35. The molecule has 3 aromatic heterocycles. The molecule has 0 spiro atoms. The number of aromatic amines is 1. The normalized spacial score (nSPS) is 11.4. The van der Waals surface area contributed by atoms with Gasteiger partial charge < -0.3 is 4.98 Å². The van der Waals surface area contributed by atoms with Crippen LogP contribution in [-0.4, -0.2) is 24.8 Å². The van der Waals surface area contributed by atoms with Gasteiger partial charge in [-0.3, -0.25) is 4.79 Å². The molecule has 0 radical (unpaired) electrons. The topological polar surface area (TPSA) is 75.9 Å². The van der Waals surface area contributed by atoms with Gasteiger partial charge in [0.15, 0.2) is 5.69 Å². The SMILES string of the molecule is O=c1c(-c2ccccc2)nnc2sc(-c3c[nH]c4ccccc34)nn12. The average Bonchev–Trinajstić information content (AvgIpc) is 3.27. The quantitative estimate of drug-likeness (QED) is 0.532. The first-order valence-electron chi connectivity index (χ1n) is 7.70. The Balaban J connectivity index is 1.73. The number of fused-ring (bicyclic) bond motifs is 2. The molecule has 0 saturated heterocycles. The molecule has 0 bridgehead atoms. The molecule has 0 fully saturated rings. The Morgan fingerprint density at radius 3 is 2.64 bits per heavy atom. The standard InChI is InChI=1S/C18H11N5OS/c24-17-15(11-6-2-1-3-7-11)20-21-18-23(17)22-16(25-18)13-10-19-14-9-5-4-8-12(13)14/h1-10,19H. The zero-order valence-electron chi connectivity index (χ0n) is 12.9. The van der Waals surface area contributed by atoms with Gasteiger partial charge in [0.1, 0.15) is 5.01 Å². The molecule has 6 nitrogen and oxygen atoms in total. The third-order valence-electron chi connectivity index (χ3n) is 4.06. The van der Waals surface area contributed by atoms with Crippen molar-refractivity contribution in [2.45, 2.75) is 0 Å². The number of hydrogen-bond acceptors (Lipinski definition) is 5. The van der Waals surface area contributed by atoms with Crippen LogP contribution in [0.25, 0.3) is 37.7 Å². The van der Waals surface area contributed by atoms with E-state index in [1.54, 1.807) is 0 Å². The first-order valence-corrected chi connectivity index (χ1v) is 8.51. The molecule has 0 aliphatic heterocycles. The van der Waals surface area contributed by atoms with E-state index in [2.05, 4.69) is 20.3 Å². The smallest absolute Gasteiger partial charge is 0.302 e. The summed E-state index contributed by atoms with van der Waals surface area (Å²) in [6, 6.07) is 17.3. The molecule has 120 valence electrons. The highest BCUT2D eigenvalue weighted by Gasteiger charge is 2.16. The molecule has 7 heteroatoms. The number of aromatic nitrogens is 5. The zero-order valence-corrected chi connectivity index (χ0v) is 13.7. The minimum absolute atomic E-state index is 0.265. The van der Waals surface area contributed by atoms with Crippen molar-refractivity contribution in [2.24, 2.45) is 0 Å². The Morgan fingerprint density at radius 1 is 0.960 bits per heavy atom. The lowest BCUT2D eigenvalue weighted by atomic mass is 10.2. The van der Waals surface area contributed by atoms with E-state index in [1.165, 1.54) is 15.9 Å². The second-order valence-electron chi connectivity index (χ2n) is 5.57. The van der Waals surface area contributed by atoms with Crippen molar-refractivity contribution in [3.63, 3.8) is 0 Å². The van der Waals surface area contributed by atoms with E-state index < -0.39 is 0 Å².